The normalized spacial score (nSPS) is 30.1. The minimum absolute atomic E-state index is 0.0318. The topological polar surface area (TPSA) is 49.4 Å². The minimum Gasteiger partial charge on any atom is -0.302 e. The average molecular weight is 252 g/mol. The molecule has 1 heterocycles. The Morgan fingerprint density at radius 2 is 1.78 bits per heavy atom. The van der Waals surface area contributed by atoms with E-state index in [0.29, 0.717) is 19.0 Å². The minimum atomic E-state index is -0.310. The summed E-state index contributed by atoms with van der Waals surface area (Å²) in [5, 5.41) is 3.39. The molecule has 2 amide bonds. The van der Waals surface area contributed by atoms with Gasteiger partial charge in [0.2, 0.25) is 11.8 Å². The van der Waals surface area contributed by atoms with Crippen molar-refractivity contribution in [3.63, 3.8) is 0 Å². The molecule has 0 aromatic rings. The SMILES string of the molecule is CCCN1C(=O)CC(NC2C(C)(C)C2(C)C)C1=O. The fourth-order valence-electron chi connectivity index (χ4n) is 3.09. The number of nitrogens with one attached hydrogen (secondary N) is 1. The predicted octanol–water partition coefficient (Wildman–Crippen LogP) is 1.55. The Labute approximate surface area is 109 Å². The zero-order chi connectivity index (χ0) is 13.7. The van der Waals surface area contributed by atoms with Gasteiger partial charge in [0.1, 0.15) is 0 Å². The summed E-state index contributed by atoms with van der Waals surface area (Å²) < 4.78 is 0. The summed E-state index contributed by atoms with van der Waals surface area (Å²) in [6.07, 6.45) is 1.14. The Balaban J connectivity index is 2.01. The fraction of sp³-hybridized carbons (Fsp3) is 0.857. The van der Waals surface area contributed by atoms with E-state index in [2.05, 4.69) is 33.0 Å². The molecule has 0 aromatic heterocycles. The summed E-state index contributed by atoms with van der Waals surface area (Å²) in [6.45, 7) is 11.3. The molecule has 2 fully saturated rings. The molecular weight excluding hydrogens is 228 g/mol. The number of carbonyl (C=O) groups excluding carboxylic acids is 2. The lowest BCUT2D eigenvalue weighted by molar-refractivity contribution is -0.138. The zero-order valence-corrected chi connectivity index (χ0v) is 12.0. The number of hydrogen-bond acceptors (Lipinski definition) is 3. The maximum Gasteiger partial charge on any atom is 0.246 e. The highest BCUT2D eigenvalue weighted by Crippen LogP contribution is 2.62. The smallest absolute Gasteiger partial charge is 0.246 e. The molecule has 0 spiro atoms. The Kier molecular flexibility index (Phi) is 3.05. The van der Waals surface area contributed by atoms with Crippen LogP contribution in [0.3, 0.4) is 0 Å². The first-order chi connectivity index (χ1) is 8.23. The van der Waals surface area contributed by atoms with Crippen LogP contribution in [0.2, 0.25) is 0 Å². The molecule has 4 nitrogen and oxygen atoms in total. The molecule has 2 rings (SSSR count). The highest BCUT2D eigenvalue weighted by atomic mass is 16.2. The lowest BCUT2D eigenvalue weighted by Gasteiger charge is -2.15. The highest BCUT2D eigenvalue weighted by Gasteiger charge is 2.65. The van der Waals surface area contributed by atoms with Crippen molar-refractivity contribution >= 4 is 11.8 Å². The molecule has 1 saturated heterocycles. The number of imide groups is 1. The highest BCUT2D eigenvalue weighted by molar-refractivity contribution is 6.05. The van der Waals surface area contributed by atoms with Crippen LogP contribution in [0.25, 0.3) is 0 Å². The van der Waals surface area contributed by atoms with Gasteiger partial charge in [0.15, 0.2) is 0 Å². The third-order valence-electron chi connectivity index (χ3n) is 5.08. The van der Waals surface area contributed by atoms with E-state index >= 15 is 0 Å². The quantitative estimate of drug-likeness (QED) is 0.772. The van der Waals surface area contributed by atoms with Gasteiger partial charge in [-0.2, -0.15) is 0 Å². The molecule has 0 bridgehead atoms. The summed E-state index contributed by atoms with van der Waals surface area (Å²) in [5.74, 6) is -0.0732. The number of carbonyl (C=O) groups is 2. The second-order valence-electron chi connectivity index (χ2n) is 6.68. The van der Waals surface area contributed by atoms with Crippen LogP contribution in [0.15, 0.2) is 0 Å². The lowest BCUT2D eigenvalue weighted by atomic mass is 10.0. The van der Waals surface area contributed by atoms with E-state index < -0.39 is 0 Å². The fourth-order valence-corrected chi connectivity index (χ4v) is 3.09. The first kappa shape index (κ1) is 13.5. The number of nitrogens with zero attached hydrogens (tertiary/aromatic N) is 1. The van der Waals surface area contributed by atoms with Gasteiger partial charge in [-0.25, -0.2) is 0 Å². The van der Waals surface area contributed by atoms with Gasteiger partial charge in [-0.3, -0.25) is 14.5 Å². The largest absolute Gasteiger partial charge is 0.302 e. The van der Waals surface area contributed by atoms with Crippen LogP contribution in [0.1, 0.15) is 47.5 Å². The van der Waals surface area contributed by atoms with Crippen LogP contribution >= 0.6 is 0 Å². The Hall–Kier alpha value is -0.900. The monoisotopic (exact) mass is 252 g/mol. The molecule has 2 aliphatic rings. The van der Waals surface area contributed by atoms with Crippen molar-refractivity contribution in [3.8, 4) is 0 Å². The van der Waals surface area contributed by atoms with Crippen LogP contribution < -0.4 is 5.32 Å². The van der Waals surface area contributed by atoms with Gasteiger partial charge in [-0.1, -0.05) is 34.6 Å². The number of amides is 2. The van der Waals surface area contributed by atoms with E-state index in [4.69, 9.17) is 0 Å². The second kappa shape index (κ2) is 4.05. The second-order valence-corrected chi connectivity index (χ2v) is 6.68. The van der Waals surface area contributed by atoms with Gasteiger partial charge in [-0.05, 0) is 17.3 Å². The molecule has 0 radical (unpaired) electrons. The Morgan fingerprint density at radius 3 is 2.22 bits per heavy atom. The molecule has 1 atom stereocenters. The molecule has 1 saturated carbocycles. The van der Waals surface area contributed by atoms with E-state index in [1.807, 2.05) is 6.92 Å². The summed E-state index contributed by atoms with van der Waals surface area (Å²) in [7, 11) is 0. The van der Waals surface area contributed by atoms with Crippen molar-refractivity contribution in [1.29, 1.82) is 0 Å². The van der Waals surface area contributed by atoms with Crippen LogP contribution in [0.4, 0.5) is 0 Å². The van der Waals surface area contributed by atoms with Crippen LogP contribution in [-0.4, -0.2) is 35.3 Å². The summed E-state index contributed by atoms with van der Waals surface area (Å²) in [4.78, 5) is 25.3. The van der Waals surface area contributed by atoms with E-state index in [1.54, 1.807) is 0 Å². The first-order valence-electron chi connectivity index (χ1n) is 6.83. The predicted molar refractivity (Wildman–Crippen MR) is 69.9 cm³/mol. The van der Waals surface area contributed by atoms with E-state index in [-0.39, 0.29) is 28.7 Å². The molecule has 102 valence electrons. The molecule has 1 N–H and O–H groups in total. The van der Waals surface area contributed by atoms with Crippen LogP contribution in [0, 0.1) is 10.8 Å². The summed E-state index contributed by atoms with van der Waals surface area (Å²) >= 11 is 0. The maximum atomic E-state index is 12.1. The maximum absolute atomic E-state index is 12.1. The standard InChI is InChI=1S/C14H24N2O2/c1-6-7-16-10(17)8-9(11(16)18)15-12-13(2,3)14(12,4)5/h9,12,15H,6-8H2,1-5H3. The molecular formula is C14H24N2O2. The molecule has 0 aromatic carbocycles. The zero-order valence-electron chi connectivity index (χ0n) is 12.0. The van der Waals surface area contributed by atoms with Crippen molar-refractivity contribution in [2.45, 2.75) is 59.5 Å². The van der Waals surface area contributed by atoms with E-state index in [1.165, 1.54) is 4.90 Å². The van der Waals surface area contributed by atoms with Gasteiger partial charge in [-0.15, -0.1) is 0 Å². The van der Waals surface area contributed by atoms with Crippen molar-refractivity contribution in [2.75, 3.05) is 6.54 Å². The summed E-state index contributed by atoms with van der Waals surface area (Å²) in [5.41, 5.74) is 0.378. The third-order valence-corrected chi connectivity index (χ3v) is 5.08. The van der Waals surface area contributed by atoms with Crippen molar-refractivity contribution in [2.24, 2.45) is 10.8 Å². The number of hydrogen-bond donors (Lipinski definition) is 1. The van der Waals surface area contributed by atoms with Crippen molar-refractivity contribution in [3.05, 3.63) is 0 Å². The van der Waals surface area contributed by atoms with Gasteiger partial charge in [0.25, 0.3) is 0 Å². The van der Waals surface area contributed by atoms with E-state index in [0.717, 1.165) is 6.42 Å². The van der Waals surface area contributed by atoms with Crippen LogP contribution in [-0.2, 0) is 9.59 Å². The first-order valence-corrected chi connectivity index (χ1v) is 6.83. The Bertz CT molecular complexity index is 373. The summed E-state index contributed by atoms with van der Waals surface area (Å²) in [6, 6.07) is 0.00317. The Morgan fingerprint density at radius 1 is 1.22 bits per heavy atom. The number of rotatable bonds is 4. The number of likely N-dealkylation sites (tertiary alicyclic amines) is 1. The van der Waals surface area contributed by atoms with Crippen LogP contribution in [0.5, 0.6) is 0 Å². The third kappa shape index (κ3) is 1.78. The lowest BCUT2D eigenvalue weighted by Crippen LogP contribution is -2.41. The van der Waals surface area contributed by atoms with Gasteiger partial charge < -0.3 is 5.32 Å². The van der Waals surface area contributed by atoms with Crippen molar-refractivity contribution in [1.82, 2.24) is 10.2 Å². The molecule has 4 heteroatoms. The van der Waals surface area contributed by atoms with Gasteiger partial charge >= 0.3 is 0 Å². The van der Waals surface area contributed by atoms with Gasteiger partial charge in [0, 0.05) is 12.6 Å². The average Bonchev–Trinajstić information content (AvgIpc) is 2.52. The molecule has 1 aliphatic heterocycles. The molecule has 18 heavy (non-hydrogen) atoms. The van der Waals surface area contributed by atoms with Gasteiger partial charge in [0.05, 0.1) is 12.5 Å². The van der Waals surface area contributed by atoms with E-state index in [9.17, 15) is 9.59 Å². The molecule has 1 unspecified atom stereocenters. The molecule has 1 aliphatic carbocycles. The van der Waals surface area contributed by atoms with Crippen molar-refractivity contribution < 1.29 is 9.59 Å².